The number of amides is 2. The number of imide groups is 1. The number of fused-ring (bicyclic) bond motifs is 1. The Morgan fingerprint density at radius 2 is 1.50 bits per heavy atom. The van der Waals surface area contributed by atoms with Crippen molar-refractivity contribution < 1.29 is 19.8 Å². The molecule has 182 valence electrons. The summed E-state index contributed by atoms with van der Waals surface area (Å²) < 4.78 is -1.36. The summed E-state index contributed by atoms with van der Waals surface area (Å²) in [6.45, 7) is 0. The van der Waals surface area contributed by atoms with E-state index in [2.05, 4.69) is 4.98 Å². The topological polar surface area (TPSA) is 118 Å². The van der Waals surface area contributed by atoms with Crippen LogP contribution in [0.1, 0.15) is 11.1 Å². The first-order chi connectivity index (χ1) is 15.6. The zero-order valence-corrected chi connectivity index (χ0v) is 21.5. The first kappa shape index (κ1) is 26.7. The quantitative estimate of drug-likeness (QED) is 0.376. The molecule has 2 aromatic heterocycles. The van der Waals surface area contributed by atoms with Gasteiger partial charge in [0.25, 0.3) is 0 Å². The Labute approximate surface area is 221 Å². The van der Waals surface area contributed by atoms with Crippen LogP contribution >= 0.6 is 69.6 Å². The smallest absolute Gasteiger partial charge is 0.422 e. The first-order valence-corrected chi connectivity index (χ1v) is 11.5. The number of aryl methyl sites for hydroxylation is 1. The highest BCUT2D eigenvalue weighted by molar-refractivity contribution is 6.68. The summed E-state index contributed by atoms with van der Waals surface area (Å²) in [5.74, 6) is -0.589. The lowest BCUT2D eigenvalue weighted by Crippen LogP contribution is -2.37. The number of carboxylic acid groups (broad SMARTS) is 2. The summed E-state index contributed by atoms with van der Waals surface area (Å²) in [7, 11) is 1.52. The van der Waals surface area contributed by atoms with Crippen molar-refractivity contribution in [3.05, 3.63) is 52.1 Å². The van der Waals surface area contributed by atoms with Crippen LogP contribution in [0, 0.1) is 0 Å². The number of carbonyl (C=O) groups is 2. The summed E-state index contributed by atoms with van der Waals surface area (Å²) >= 11 is 36.1. The first-order valence-electron chi connectivity index (χ1n) is 9.19. The van der Waals surface area contributed by atoms with Gasteiger partial charge in [0.2, 0.25) is 0 Å². The van der Waals surface area contributed by atoms with Crippen molar-refractivity contribution in [2.24, 2.45) is 7.05 Å². The molecule has 2 amide bonds. The molecule has 15 heteroatoms. The van der Waals surface area contributed by atoms with Crippen molar-refractivity contribution in [1.29, 1.82) is 0 Å². The van der Waals surface area contributed by atoms with E-state index in [1.807, 2.05) is 0 Å². The Morgan fingerprint density at radius 1 is 0.971 bits per heavy atom. The van der Waals surface area contributed by atoms with E-state index in [9.17, 15) is 24.6 Å². The third-order valence-corrected chi connectivity index (χ3v) is 5.55. The minimum atomic E-state index is -2.04. The standard InChI is InChI=1S/C19H14Cl6N4O5/c1-27-11-4-2-3-5-12(11)28(15(27)30)13-9(6-18(20,21)22)8-26-14(10(13)7-19(23,24)25)29(16(31)32)17(33)34/h2-5,8H,6-7H2,1H3,(H,31,32)(H,33,34). The van der Waals surface area contributed by atoms with E-state index < -0.39 is 37.7 Å². The molecule has 0 unspecified atom stereocenters. The van der Waals surface area contributed by atoms with E-state index in [4.69, 9.17) is 69.6 Å². The lowest BCUT2D eigenvalue weighted by Gasteiger charge is -2.25. The van der Waals surface area contributed by atoms with E-state index in [0.29, 0.717) is 11.0 Å². The van der Waals surface area contributed by atoms with E-state index >= 15 is 0 Å². The Kier molecular flexibility index (Phi) is 7.58. The lowest BCUT2D eigenvalue weighted by atomic mass is 10.0. The van der Waals surface area contributed by atoms with Crippen molar-refractivity contribution >= 4 is 98.6 Å². The molecular weight excluding hydrogens is 577 g/mol. The molecule has 3 rings (SSSR count). The van der Waals surface area contributed by atoms with Gasteiger partial charge in [-0.25, -0.2) is 19.4 Å². The number of pyridine rings is 1. The van der Waals surface area contributed by atoms with Crippen LogP contribution in [-0.2, 0) is 19.9 Å². The van der Waals surface area contributed by atoms with Gasteiger partial charge in [0.05, 0.1) is 16.7 Å². The van der Waals surface area contributed by atoms with Crippen LogP contribution in [0.3, 0.4) is 0 Å². The lowest BCUT2D eigenvalue weighted by molar-refractivity contribution is 0.184. The molecule has 0 saturated heterocycles. The van der Waals surface area contributed by atoms with E-state index in [0.717, 1.165) is 6.20 Å². The Balaban J connectivity index is 2.55. The molecular formula is C19H14Cl6N4O5. The summed E-state index contributed by atoms with van der Waals surface area (Å²) in [4.78, 5) is 40.8. The molecule has 0 atom stereocenters. The number of rotatable bonds is 4. The second kappa shape index (κ2) is 9.64. The average molecular weight is 591 g/mol. The van der Waals surface area contributed by atoms with Crippen LogP contribution in [0.25, 0.3) is 16.7 Å². The molecule has 34 heavy (non-hydrogen) atoms. The molecule has 0 spiro atoms. The van der Waals surface area contributed by atoms with Crippen LogP contribution in [0.5, 0.6) is 0 Å². The highest BCUT2D eigenvalue weighted by atomic mass is 35.6. The Morgan fingerprint density at radius 3 is 2.00 bits per heavy atom. The van der Waals surface area contributed by atoms with Crippen molar-refractivity contribution in [2.45, 2.75) is 20.4 Å². The average Bonchev–Trinajstić information content (AvgIpc) is 2.92. The van der Waals surface area contributed by atoms with Crippen LogP contribution < -0.4 is 10.6 Å². The fourth-order valence-corrected chi connectivity index (χ4v) is 4.36. The predicted molar refractivity (Wildman–Crippen MR) is 133 cm³/mol. The van der Waals surface area contributed by atoms with Crippen LogP contribution in [0.15, 0.2) is 35.3 Å². The molecule has 9 nitrogen and oxygen atoms in total. The molecule has 0 saturated carbocycles. The van der Waals surface area contributed by atoms with Gasteiger partial charge in [-0.1, -0.05) is 81.7 Å². The minimum absolute atomic E-state index is 0.0167. The number of imidazole rings is 1. The third-order valence-electron chi connectivity index (χ3n) is 4.75. The SMILES string of the molecule is Cn1c(=O)n(-c2c(CC(Cl)(Cl)Cl)cnc(N(C(=O)O)C(=O)O)c2CC(Cl)(Cl)Cl)c2ccccc21. The fourth-order valence-electron chi connectivity index (χ4n) is 3.53. The second-order valence-corrected chi connectivity index (χ2v) is 12.1. The molecule has 0 fully saturated rings. The number of halogens is 6. The zero-order valence-electron chi connectivity index (χ0n) is 17.0. The van der Waals surface area contributed by atoms with E-state index in [-0.39, 0.29) is 28.1 Å². The molecule has 1 aromatic carbocycles. The number of benzene rings is 1. The largest absolute Gasteiger partial charge is 0.464 e. The molecule has 0 radical (unpaired) electrons. The van der Waals surface area contributed by atoms with E-state index in [1.165, 1.54) is 16.2 Å². The highest BCUT2D eigenvalue weighted by Gasteiger charge is 2.35. The molecule has 2 N–H and O–H groups in total. The predicted octanol–water partition coefficient (Wildman–Crippen LogP) is 5.71. The van der Waals surface area contributed by atoms with E-state index in [1.54, 1.807) is 24.3 Å². The maximum atomic E-state index is 13.3. The second-order valence-electron chi connectivity index (χ2n) is 7.08. The number of hydrogen-bond acceptors (Lipinski definition) is 4. The Hall–Kier alpha value is -1.88. The normalized spacial score (nSPS) is 12.2. The summed E-state index contributed by atoms with van der Waals surface area (Å²) in [6.07, 6.45) is -3.44. The van der Waals surface area contributed by atoms with Gasteiger partial charge in [0.1, 0.15) is 0 Å². The fraction of sp³-hybridized carbons (Fsp3) is 0.263. The van der Waals surface area contributed by atoms with Gasteiger partial charge in [0, 0.05) is 31.6 Å². The van der Waals surface area contributed by atoms with Crippen LogP contribution in [0.4, 0.5) is 15.4 Å². The van der Waals surface area contributed by atoms with Crippen molar-refractivity contribution in [3.63, 3.8) is 0 Å². The number of aromatic nitrogens is 3. The summed E-state index contributed by atoms with van der Waals surface area (Å²) in [5, 5.41) is 19.1. The van der Waals surface area contributed by atoms with Gasteiger partial charge < -0.3 is 10.2 Å². The van der Waals surface area contributed by atoms with Crippen molar-refractivity contribution in [2.75, 3.05) is 4.90 Å². The number of nitrogens with zero attached hydrogens (tertiary/aromatic N) is 4. The van der Waals surface area contributed by atoms with Gasteiger partial charge in [-0.05, 0) is 17.7 Å². The number of alkyl halides is 6. The van der Waals surface area contributed by atoms with Crippen molar-refractivity contribution in [3.8, 4) is 5.69 Å². The molecule has 0 aliphatic rings. The third kappa shape index (κ3) is 5.50. The molecule has 0 bridgehead atoms. The van der Waals surface area contributed by atoms with Crippen molar-refractivity contribution in [1.82, 2.24) is 14.1 Å². The van der Waals surface area contributed by atoms with Gasteiger partial charge in [-0.15, -0.1) is 0 Å². The zero-order chi connectivity index (χ0) is 25.6. The maximum Gasteiger partial charge on any atom is 0.422 e. The van der Waals surface area contributed by atoms with Gasteiger partial charge in [-0.3, -0.25) is 9.13 Å². The number of anilines is 1. The van der Waals surface area contributed by atoms with Crippen LogP contribution in [-0.4, -0.2) is 44.1 Å². The van der Waals surface area contributed by atoms with Gasteiger partial charge in [0.15, 0.2) is 13.4 Å². The number of para-hydroxylation sites is 2. The molecule has 0 aliphatic heterocycles. The maximum absolute atomic E-state index is 13.3. The van der Waals surface area contributed by atoms with Gasteiger partial charge in [-0.2, -0.15) is 4.90 Å². The molecule has 3 aromatic rings. The highest BCUT2D eigenvalue weighted by Crippen LogP contribution is 2.40. The monoisotopic (exact) mass is 588 g/mol. The Bertz CT molecular complexity index is 1330. The van der Waals surface area contributed by atoms with Gasteiger partial charge >= 0.3 is 17.9 Å². The summed E-state index contributed by atoms with van der Waals surface area (Å²) in [5.41, 5.74) is 0.320. The minimum Gasteiger partial charge on any atom is -0.464 e. The number of hydrogen-bond donors (Lipinski definition) is 2. The molecule has 0 aliphatic carbocycles. The van der Waals surface area contributed by atoms with Crippen LogP contribution in [0.2, 0.25) is 0 Å². The summed E-state index contributed by atoms with van der Waals surface area (Å²) in [6, 6.07) is 6.69. The molecule has 2 heterocycles.